The molecule has 0 bridgehead atoms. The van der Waals surface area contributed by atoms with E-state index in [1.165, 1.54) is 33.5 Å². The normalized spacial score (nSPS) is 12.5. The Balaban J connectivity index is 1.90. The molecule has 0 saturated heterocycles. The lowest BCUT2D eigenvalue weighted by atomic mass is 9.98. The number of hydrogen-bond acceptors (Lipinski definition) is 2. The third-order valence-electron chi connectivity index (χ3n) is 5.54. The molecular formula is C22H21N4+. The van der Waals surface area contributed by atoms with Crippen molar-refractivity contribution in [1.29, 1.82) is 0 Å². The van der Waals surface area contributed by atoms with Gasteiger partial charge in [0.1, 0.15) is 17.0 Å². The van der Waals surface area contributed by atoms with Crippen LogP contribution in [0.25, 0.3) is 28.0 Å². The zero-order chi connectivity index (χ0) is 18.0. The number of rotatable bonds is 1. The first kappa shape index (κ1) is 15.3. The van der Waals surface area contributed by atoms with Gasteiger partial charge in [0.15, 0.2) is 5.69 Å². The van der Waals surface area contributed by atoms with Crippen LogP contribution in [-0.2, 0) is 13.5 Å². The number of nitrogens with zero attached hydrogens (tertiary/aromatic N) is 4. The maximum absolute atomic E-state index is 5.09. The van der Waals surface area contributed by atoms with Gasteiger partial charge in [0.2, 0.25) is 0 Å². The molecule has 0 amide bonds. The van der Waals surface area contributed by atoms with E-state index < -0.39 is 0 Å². The van der Waals surface area contributed by atoms with Crippen LogP contribution in [0.1, 0.15) is 28.2 Å². The lowest BCUT2D eigenvalue weighted by molar-refractivity contribution is -0.663. The van der Waals surface area contributed by atoms with Crippen LogP contribution in [0.3, 0.4) is 0 Å². The zero-order valence-corrected chi connectivity index (χ0v) is 15.5. The first-order valence-corrected chi connectivity index (χ1v) is 8.97. The molecule has 2 aromatic carbocycles. The van der Waals surface area contributed by atoms with E-state index in [1.807, 2.05) is 13.3 Å². The molecule has 5 rings (SSSR count). The summed E-state index contributed by atoms with van der Waals surface area (Å²) in [5.74, 6) is 1.13. The molecule has 0 radical (unpaired) electrons. The van der Waals surface area contributed by atoms with Crippen molar-refractivity contribution in [2.45, 2.75) is 27.2 Å². The largest absolute Gasteiger partial charge is 0.296 e. The standard InChI is InChI=1S/C22H21N4/c1-13-9-19-22(21(15(13)3)18-10-14(2)23-12-25(18)4)24-20-11-16-7-5-6-8-17(16)26(19)20/h5-10,12H,11H2,1-4H3/q+1. The monoisotopic (exact) mass is 341 g/mol. The predicted molar refractivity (Wildman–Crippen MR) is 102 cm³/mol. The second-order valence-electron chi connectivity index (χ2n) is 7.26. The fraction of sp³-hybridized carbons (Fsp3) is 0.227. The Morgan fingerprint density at radius 2 is 1.88 bits per heavy atom. The van der Waals surface area contributed by atoms with Gasteiger partial charge in [-0.25, -0.2) is 9.55 Å². The fourth-order valence-corrected chi connectivity index (χ4v) is 4.06. The molecule has 0 unspecified atom stereocenters. The van der Waals surface area contributed by atoms with Gasteiger partial charge in [-0.2, -0.15) is 0 Å². The Kier molecular flexibility index (Phi) is 3.08. The highest BCUT2D eigenvalue weighted by Gasteiger charge is 2.26. The van der Waals surface area contributed by atoms with Gasteiger partial charge in [0.05, 0.1) is 23.8 Å². The molecule has 128 valence electrons. The van der Waals surface area contributed by atoms with Crippen LogP contribution in [-0.4, -0.2) is 14.5 Å². The van der Waals surface area contributed by atoms with Crippen LogP contribution in [0.15, 0.2) is 42.7 Å². The second-order valence-corrected chi connectivity index (χ2v) is 7.26. The van der Waals surface area contributed by atoms with Crippen molar-refractivity contribution in [2.24, 2.45) is 7.05 Å². The van der Waals surface area contributed by atoms with E-state index in [9.17, 15) is 0 Å². The van der Waals surface area contributed by atoms with E-state index in [2.05, 4.69) is 71.4 Å². The van der Waals surface area contributed by atoms with Crippen LogP contribution in [0.4, 0.5) is 0 Å². The highest BCUT2D eigenvalue weighted by molar-refractivity contribution is 5.95. The second kappa shape index (κ2) is 5.24. The maximum Gasteiger partial charge on any atom is 0.286 e. The number of hydrogen-bond donors (Lipinski definition) is 0. The molecule has 0 aliphatic carbocycles. The van der Waals surface area contributed by atoms with E-state index in [0.29, 0.717) is 0 Å². The van der Waals surface area contributed by atoms with Crippen LogP contribution in [0, 0.1) is 20.8 Å². The molecule has 26 heavy (non-hydrogen) atoms. The molecule has 1 aliphatic heterocycles. The minimum atomic E-state index is 0.893. The van der Waals surface area contributed by atoms with E-state index in [0.717, 1.165) is 29.1 Å². The molecule has 1 aliphatic rings. The Hall–Kier alpha value is -3.01. The summed E-state index contributed by atoms with van der Waals surface area (Å²) >= 11 is 0. The third kappa shape index (κ3) is 1.99. The van der Waals surface area contributed by atoms with E-state index in [1.54, 1.807) is 0 Å². The quantitative estimate of drug-likeness (QED) is 0.435. The predicted octanol–water partition coefficient (Wildman–Crippen LogP) is 3.74. The van der Waals surface area contributed by atoms with Crippen molar-refractivity contribution in [3.63, 3.8) is 0 Å². The van der Waals surface area contributed by atoms with Crippen molar-refractivity contribution >= 4 is 11.0 Å². The lowest BCUT2D eigenvalue weighted by Crippen LogP contribution is -2.32. The summed E-state index contributed by atoms with van der Waals surface area (Å²) in [4.78, 5) is 9.50. The van der Waals surface area contributed by atoms with Crippen molar-refractivity contribution in [2.75, 3.05) is 0 Å². The van der Waals surface area contributed by atoms with E-state index >= 15 is 0 Å². The van der Waals surface area contributed by atoms with Crippen LogP contribution in [0.2, 0.25) is 0 Å². The minimum absolute atomic E-state index is 0.893. The highest BCUT2D eigenvalue weighted by atomic mass is 15.1. The van der Waals surface area contributed by atoms with Crippen molar-refractivity contribution in [3.8, 4) is 16.9 Å². The van der Waals surface area contributed by atoms with E-state index in [-0.39, 0.29) is 0 Å². The fourth-order valence-electron chi connectivity index (χ4n) is 4.06. The molecule has 0 saturated carbocycles. The van der Waals surface area contributed by atoms with Crippen LogP contribution < -0.4 is 4.57 Å². The number of aryl methyl sites for hydroxylation is 3. The highest BCUT2D eigenvalue weighted by Crippen LogP contribution is 2.37. The van der Waals surface area contributed by atoms with Crippen molar-refractivity contribution in [1.82, 2.24) is 14.5 Å². The average molecular weight is 341 g/mol. The SMILES string of the molecule is Cc1cc(-c2c(C)c(C)cc3c2nc2n3-c3ccccc3C2)[n+](C)cn1. The molecule has 0 spiro atoms. The van der Waals surface area contributed by atoms with Crippen molar-refractivity contribution < 1.29 is 4.57 Å². The maximum atomic E-state index is 5.09. The van der Waals surface area contributed by atoms with Crippen LogP contribution >= 0.6 is 0 Å². The summed E-state index contributed by atoms with van der Waals surface area (Å²) in [6.45, 7) is 6.42. The molecule has 4 nitrogen and oxygen atoms in total. The summed E-state index contributed by atoms with van der Waals surface area (Å²) in [6, 6.07) is 13.0. The molecule has 4 heteroatoms. The molecule has 3 heterocycles. The number of aromatic nitrogens is 4. The van der Waals surface area contributed by atoms with Gasteiger partial charge < -0.3 is 0 Å². The molecule has 0 N–H and O–H groups in total. The number of benzene rings is 2. The third-order valence-corrected chi connectivity index (χ3v) is 5.54. The van der Waals surface area contributed by atoms with Gasteiger partial charge in [-0.1, -0.05) is 23.2 Å². The minimum Gasteiger partial charge on any atom is -0.296 e. The summed E-state index contributed by atoms with van der Waals surface area (Å²) in [5.41, 5.74) is 10.8. The Morgan fingerprint density at radius 1 is 1.08 bits per heavy atom. The summed E-state index contributed by atoms with van der Waals surface area (Å²) in [7, 11) is 2.05. The first-order valence-electron chi connectivity index (χ1n) is 8.97. The van der Waals surface area contributed by atoms with Crippen LogP contribution in [0.5, 0.6) is 0 Å². The Bertz CT molecular complexity index is 1200. The topological polar surface area (TPSA) is 34.6 Å². The van der Waals surface area contributed by atoms with Gasteiger partial charge in [-0.05, 0) is 42.7 Å². The molecule has 0 atom stereocenters. The molecule has 0 fully saturated rings. The summed E-state index contributed by atoms with van der Waals surface area (Å²) in [5, 5.41) is 0. The summed E-state index contributed by atoms with van der Waals surface area (Å²) in [6.07, 6.45) is 2.78. The van der Waals surface area contributed by atoms with Gasteiger partial charge in [-0.3, -0.25) is 4.57 Å². The molecule has 2 aromatic heterocycles. The number of imidazole rings is 1. The Labute approximate surface area is 152 Å². The lowest BCUT2D eigenvalue weighted by Gasteiger charge is -2.12. The Morgan fingerprint density at radius 3 is 2.73 bits per heavy atom. The van der Waals surface area contributed by atoms with Crippen molar-refractivity contribution in [3.05, 3.63) is 70.9 Å². The van der Waals surface area contributed by atoms with Gasteiger partial charge in [0, 0.05) is 19.4 Å². The zero-order valence-electron chi connectivity index (χ0n) is 15.5. The number of fused-ring (bicyclic) bond motifs is 5. The number of para-hydroxylation sites is 1. The van der Waals surface area contributed by atoms with Gasteiger partial charge in [-0.15, -0.1) is 0 Å². The van der Waals surface area contributed by atoms with E-state index in [4.69, 9.17) is 4.98 Å². The summed E-state index contributed by atoms with van der Waals surface area (Å²) < 4.78 is 4.42. The average Bonchev–Trinajstić information content (AvgIpc) is 3.15. The van der Waals surface area contributed by atoms with Gasteiger partial charge in [0.25, 0.3) is 6.33 Å². The molecule has 4 aromatic rings. The van der Waals surface area contributed by atoms with Gasteiger partial charge >= 0.3 is 0 Å². The first-order chi connectivity index (χ1) is 12.5. The smallest absolute Gasteiger partial charge is 0.286 e. The molecular weight excluding hydrogens is 320 g/mol.